The molecule has 0 aliphatic carbocycles. The molecule has 0 fully saturated rings. The Kier molecular flexibility index (Phi) is 4.85. The fourth-order valence-electron chi connectivity index (χ4n) is 2.08. The molecule has 20 heavy (non-hydrogen) atoms. The van der Waals surface area contributed by atoms with Gasteiger partial charge in [0, 0.05) is 6.54 Å². The van der Waals surface area contributed by atoms with Crippen molar-refractivity contribution in [3.05, 3.63) is 71.5 Å². The van der Waals surface area contributed by atoms with Gasteiger partial charge in [0.15, 0.2) is 0 Å². The molecule has 1 amide bonds. The number of primary amides is 1. The highest BCUT2D eigenvalue weighted by Crippen LogP contribution is 2.12. The molecule has 0 radical (unpaired) electrons. The largest absolute Gasteiger partial charge is 0.368 e. The lowest BCUT2D eigenvalue weighted by Gasteiger charge is -2.15. The van der Waals surface area contributed by atoms with E-state index < -0.39 is 11.9 Å². The van der Waals surface area contributed by atoms with Gasteiger partial charge < -0.3 is 11.1 Å². The Hall–Kier alpha value is -2.20. The third kappa shape index (κ3) is 3.90. The van der Waals surface area contributed by atoms with Crippen LogP contribution in [-0.2, 0) is 11.2 Å². The van der Waals surface area contributed by atoms with E-state index in [2.05, 4.69) is 5.32 Å². The van der Waals surface area contributed by atoms with Gasteiger partial charge in [-0.05, 0) is 29.7 Å². The third-order valence-corrected chi connectivity index (χ3v) is 3.07. The summed E-state index contributed by atoms with van der Waals surface area (Å²) in [5, 5.41) is 3.11. The van der Waals surface area contributed by atoms with Crippen molar-refractivity contribution in [1.29, 1.82) is 0 Å². The lowest BCUT2D eigenvalue weighted by Crippen LogP contribution is -2.34. The van der Waals surface area contributed by atoms with Gasteiger partial charge in [-0.3, -0.25) is 4.79 Å². The first kappa shape index (κ1) is 14.2. The van der Waals surface area contributed by atoms with E-state index in [1.54, 1.807) is 6.07 Å². The van der Waals surface area contributed by atoms with Crippen LogP contribution >= 0.6 is 0 Å². The summed E-state index contributed by atoms with van der Waals surface area (Å²) >= 11 is 0. The van der Waals surface area contributed by atoms with E-state index in [1.165, 1.54) is 12.1 Å². The molecule has 0 heterocycles. The van der Waals surface area contributed by atoms with Gasteiger partial charge in [0.2, 0.25) is 5.91 Å². The van der Waals surface area contributed by atoms with Crippen molar-refractivity contribution in [3.63, 3.8) is 0 Å². The molecular formula is C16H17FN2O. The van der Waals surface area contributed by atoms with Crippen LogP contribution in [0.3, 0.4) is 0 Å². The number of carbonyl (C=O) groups is 1. The number of carbonyl (C=O) groups excluding carboxylic acids is 1. The smallest absolute Gasteiger partial charge is 0.239 e. The zero-order valence-corrected chi connectivity index (χ0v) is 11.1. The summed E-state index contributed by atoms with van der Waals surface area (Å²) < 4.78 is 13.1. The van der Waals surface area contributed by atoms with E-state index >= 15 is 0 Å². The summed E-state index contributed by atoms with van der Waals surface area (Å²) in [7, 11) is 0. The van der Waals surface area contributed by atoms with Crippen molar-refractivity contribution in [1.82, 2.24) is 5.32 Å². The monoisotopic (exact) mass is 272 g/mol. The molecule has 0 aliphatic heterocycles. The molecule has 2 aromatic rings. The van der Waals surface area contributed by atoms with Crippen LogP contribution in [0, 0.1) is 5.82 Å². The molecule has 0 saturated heterocycles. The van der Waals surface area contributed by atoms with E-state index in [4.69, 9.17) is 5.73 Å². The maximum Gasteiger partial charge on any atom is 0.239 e. The molecule has 0 bridgehead atoms. The summed E-state index contributed by atoms with van der Waals surface area (Å²) in [6.45, 7) is 0.548. The van der Waals surface area contributed by atoms with E-state index in [0.717, 1.165) is 11.1 Å². The topological polar surface area (TPSA) is 55.1 Å². The van der Waals surface area contributed by atoms with Crippen molar-refractivity contribution in [2.75, 3.05) is 6.54 Å². The van der Waals surface area contributed by atoms with Crippen LogP contribution in [0.15, 0.2) is 54.6 Å². The van der Waals surface area contributed by atoms with Crippen LogP contribution < -0.4 is 11.1 Å². The number of rotatable bonds is 6. The van der Waals surface area contributed by atoms with E-state index in [9.17, 15) is 9.18 Å². The molecule has 104 valence electrons. The van der Waals surface area contributed by atoms with Gasteiger partial charge in [0.25, 0.3) is 0 Å². The molecule has 3 N–H and O–H groups in total. The van der Waals surface area contributed by atoms with Crippen molar-refractivity contribution in [3.8, 4) is 0 Å². The predicted molar refractivity (Wildman–Crippen MR) is 76.5 cm³/mol. The van der Waals surface area contributed by atoms with Gasteiger partial charge >= 0.3 is 0 Å². The lowest BCUT2D eigenvalue weighted by molar-refractivity contribution is -0.120. The second-order valence-corrected chi connectivity index (χ2v) is 4.58. The number of halogens is 1. The Balaban J connectivity index is 1.95. The standard InChI is InChI=1S/C16H17FN2O/c17-14-8-4-5-12(11-14)9-10-19-15(16(18)20)13-6-2-1-3-7-13/h1-8,11,15,19H,9-10H2,(H2,18,20)/t15-/m1/s1. The molecule has 0 aliphatic rings. The maximum absolute atomic E-state index is 13.1. The number of benzene rings is 2. The average Bonchev–Trinajstić information content (AvgIpc) is 2.44. The molecule has 4 heteroatoms. The molecule has 1 atom stereocenters. The Morgan fingerprint density at radius 2 is 1.90 bits per heavy atom. The predicted octanol–water partition coefficient (Wildman–Crippen LogP) is 2.18. The Bertz CT molecular complexity index is 572. The second kappa shape index (κ2) is 6.82. The summed E-state index contributed by atoms with van der Waals surface area (Å²) in [4.78, 5) is 11.5. The van der Waals surface area contributed by atoms with E-state index in [-0.39, 0.29) is 5.82 Å². The Morgan fingerprint density at radius 3 is 2.55 bits per heavy atom. The van der Waals surface area contributed by atoms with Crippen LogP contribution in [0.5, 0.6) is 0 Å². The van der Waals surface area contributed by atoms with Gasteiger partial charge in [0.1, 0.15) is 11.9 Å². The zero-order valence-electron chi connectivity index (χ0n) is 11.1. The van der Waals surface area contributed by atoms with Crippen LogP contribution in [0.4, 0.5) is 4.39 Å². The first-order valence-electron chi connectivity index (χ1n) is 6.49. The molecule has 0 saturated carbocycles. The second-order valence-electron chi connectivity index (χ2n) is 4.58. The van der Waals surface area contributed by atoms with Crippen LogP contribution in [0.1, 0.15) is 17.2 Å². The van der Waals surface area contributed by atoms with Crippen molar-refractivity contribution >= 4 is 5.91 Å². The fourth-order valence-corrected chi connectivity index (χ4v) is 2.08. The Morgan fingerprint density at radius 1 is 1.15 bits per heavy atom. The fraction of sp³-hybridized carbons (Fsp3) is 0.188. The third-order valence-electron chi connectivity index (χ3n) is 3.07. The minimum Gasteiger partial charge on any atom is -0.368 e. The van der Waals surface area contributed by atoms with Gasteiger partial charge in [-0.2, -0.15) is 0 Å². The highest BCUT2D eigenvalue weighted by Gasteiger charge is 2.16. The summed E-state index contributed by atoms with van der Waals surface area (Å²) in [6, 6.07) is 15.2. The van der Waals surface area contributed by atoms with E-state index in [0.29, 0.717) is 13.0 Å². The van der Waals surface area contributed by atoms with Gasteiger partial charge in [-0.15, -0.1) is 0 Å². The van der Waals surface area contributed by atoms with Crippen LogP contribution in [-0.4, -0.2) is 12.5 Å². The van der Waals surface area contributed by atoms with Crippen LogP contribution in [0.2, 0.25) is 0 Å². The molecular weight excluding hydrogens is 255 g/mol. The normalized spacial score (nSPS) is 12.1. The van der Waals surface area contributed by atoms with E-state index in [1.807, 2.05) is 36.4 Å². The molecule has 0 spiro atoms. The number of hydrogen-bond acceptors (Lipinski definition) is 2. The molecule has 3 nitrogen and oxygen atoms in total. The van der Waals surface area contributed by atoms with Crippen molar-refractivity contribution in [2.45, 2.75) is 12.5 Å². The highest BCUT2D eigenvalue weighted by atomic mass is 19.1. The van der Waals surface area contributed by atoms with Gasteiger partial charge in [-0.1, -0.05) is 42.5 Å². The van der Waals surface area contributed by atoms with Crippen LogP contribution in [0.25, 0.3) is 0 Å². The number of nitrogens with one attached hydrogen (secondary N) is 1. The molecule has 2 rings (SSSR count). The summed E-state index contributed by atoms with van der Waals surface area (Å²) in [5.74, 6) is -0.674. The van der Waals surface area contributed by atoms with Crippen molar-refractivity contribution in [2.24, 2.45) is 5.73 Å². The van der Waals surface area contributed by atoms with Crippen molar-refractivity contribution < 1.29 is 9.18 Å². The van der Waals surface area contributed by atoms with Gasteiger partial charge in [-0.25, -0.2) is 4.39 Å². The first-order chi connectivity index (χ1) is 9.66. The summed E-state index contributed by atoms with van der Waals surface area (Å²) in [6.07, 6.45) is 0.633. The highest BCUT2D eigenvalue weighted by molar-refractivity contribution is 5.81. The minimum absolute atomic E-state index is 0.253. The minimum atomic E-state index is -0.523. The summed E-state index contributed by atoms with van der Waals surface area (Å²) in [5.41, 5.74) is 7.13. The zero-order chi connectivity index (χ0) is 14.4. The maximum atomic E-state index is 13.1. The molecule has 2 aromatic carbocycles. The number of hydrogen-bond donors (Lipinski definition) is 2. The average molecular weight is 272 g/mol. The van der Waals surface area contributed by atoms with Gasteiger partial charge in [0.05, 0.1) is 0 Å². The number of nitrogens with two attached hydrogens (primary N) is 1. The SMILES string of the molecule is NC(=O)[C@H](NCCc1cccc(F)c1)c1ccccc1. The lowest BCUT2D eigenvalue weighted by atomic mass is 10.1. The Labute approximate surface area is 117 Å². The molecule has 0 unspecified atom stereocenters. The quantitative estimate of drug-likeness (QED) is 0.847. The number of amides is 1. The molecule has 0 aromatic heterocycles. The first-order valence-corrected chi connectivity index (χ1v) is 6.49.